The highest BCUT2D eigenvalue weighted by atomic mass is 16.5. The summed E-state index contributed by atoms with van der Waals surface area (Å²) in [5, 5.41) is 3.49. The zero-order valence-corrected chi connectivity index (χ0v) is 13.0. The maximum absolute atomic E-state index is 6.20. The summed E-state index contributed by atoms with van der Waals surface area (Å²) >= 11 is 0. The van der Waals surface area contributed by atoms with Gasteiger partial charge in [-0.2, -0.15) is 0 Å². The van der Waals surface area contributed by atoms with Crippen LogP contribution in [0.3, 0.4) is 0 Å². The molecule has 0 spiro atoms. The number of nitrogens with zero attached hydrogens (tertiary/aromatic N) is 1. The van der Waals surface area contributed by atoms with Crippen molar-refractivity contribution in [1.29, 1.82) is 0 Å². The number of likely N-dealkylation sites (tertiary alicyclic amines) is 1. The molecule has 2 rings (SSSR count). The number of nitrogens with one attached hydrogen (secondary N) is 1. The van der Waals surface area contributed by atoms with E-state index in [1.807, 2.05) is 0 Å². The van der Waals surface area contributed by atoms with E-state index >= 15 is 0 Å². The number of ether oxygens (including phenoxy) is 1. The molecular formula is C16H32N2O. The molecule has 2 fully saturated rings. The molecule has 0 aromatic carbocycles. The third kappa shape index (κ3) is 4.73. The van der Waals surface area contributed by atoms with Crippen LogP contribution in [0.15, 0.2) is 0 Å². The standard InChI is InChI=1S/C16H32N2O/c1-4-14-7-5-6-10-18(14)12-16-9-8-15(19-16)11-17-13(2)3/h13-17H,4-12H2,1-3H3. The van der Waals surface area contributed by atoms with E-state index in [0.29, 0.717) is 18.2 Å². The van der Waals surface area contributed by atoms with E-state index < -0.39 is 0 Å². The molecule has 3 unspecified atom stereocenters. The summed E-state index contributed by atoms with van der Waals surface area (Å²) < 4.78 is 6.20. The lowest BCUT2D eigenvalue weighted by molar-refractivity contribution is 0.00637. The molecule has 2 aliphatic rings. The molecule has 0 amide bonds. The molecule has 2 heterocycles. The number of hydrogen-bond acceptors (Lipinski definition) is 3. The van der Waals surface area contributed by atoms with Gasteiger partial charge in [-0.3, -0.25) is 4.90 Å². The van der Waals surface area contributed by atoms with Crippen molar-refractivity contribution in [3.05, 3.63) is 0 Å². The van der Waals surface area contributed by atoms with Gasteiger partial charge in [0.25, 0.3) is 0 Å². The van der Waals surface area contributed by atoms with Crippen molar-refractivity contribution in [2.24, 2.45) is 0 Å². The normalized spacial score (nSPS) is 33.2. The maximum Gasteiger partial charge on any atom is 0.0707 e. The molecule has 0 aromatic heterocycles. The van der Waals surface area contributed by atoms with E-state index in [9.17, 15) is 0 Å². The largest absolute Gasteiger partial charge is 0.372 e. The molecule has 0 radical (unpaired) electrons. The molecule has 3 nitrogen and oxygen atoms in total. The van der Waals surface area contributed by atoms with Crippen molar-refractivity contribution in [3.8, 4) is 0 Å². The topological polar surface area (TPSA) is 24.5 Å². The summed E-state index contributed by atoms with van der Waals surface area (Å²) in [5.41, 5.74) is 0. The first-order chi connectivity index (χ1) is 9.19. The Kier molecular flexibility index (Phi) is 6.11. The van der Waals surface area contributed by atoms with E-state index in [-0.39, 0.29) is 0 Å². The van der Waals surface area contributed by atoms with Crippen LogP contribution < -0.4 is 5.32 Å². The average Bonchev–Trinajstić information content (AvgIpc) is 2.85. The Morgan fingerprint density at radius 3 is 2.68 bits per heavy atom. The zero-order valence-electron chi connectivity index (χ0n) is 13.0. The second-order valence-corrected chi connectivity index (χ2v) is 6.57. The minimum Gasteiger partial charge on any atom is -0.372 e. The van der Waals surface area contributed by atoms with E-state index in [1.165, 1.54) is 45.1 Å². The van der Waals surface area contributed by atoms with E-state index in [4.69, 9.17) is 4.74 Å². The minimum atomic E-state index is 0.442. The van der Waals surface area contributed by atoms with Gasteiger partial charge in [-0.25, -0.2) is 0 Å². The summed E-state index contributed by atoms with van der Waals surface area (Å²) in [6.07, 6.45) is 8.88. The van der Waals surface area contributed by atoms with Crippen LogP contribution in [0.1, 0.15) is 59.3 Å². The molecular weight excluding hydrogens is 236 g/mol. The molecule has 3 atom stereocenters. The third-order valence-electron chi connectivity index (χ3n) is 4.61. The maximum atomic E-state index is 6.20. The van der Waals surface area contributed by atoms with Gasteiger partial charge >= 0.3 is 0 Å². The van der Waals surface area contributed by atoms with Gasteiger partial charge in [0.05, 0.1) is 12.2 Å². The Labute approximate surface area is 119 Å². The lowest BCUT2D eigenvalue weighted by atomic mass is 9.99. The lowest BCUT2D eigenvalue weighted by Crippen LogP contribution is -2.43. The van der Waals surface area contributed by atoms with Crippen molar-refractivity contribution >= 4 is 0 Å². The van der Waals surface area contributed by atoms with Gasteiger partial charge in [0, 0.05) is 25.2 Å². The predicted molar refractivity (Wildman–Crippen MR) is 80.5 cm³/mol. The first kappa shape index (κ1) is 15.3. The first-order valence-electron chi connectivity index (χ1n) is 8.32. The van der Waals surface area contributed by atoms with Crippen LogP contribution in [0.2, 0.25) is 0 Å². The highest BCUT2D eigenvalue weighted by Gasteiger charge is 2.29. The Morgan fingerprint density at radius 2 is 1.95 bits per heavy atom. The molecule has 19 heavy (non-hydrogen) atoms. The van der Waals surface area contributed by atoms with Crippen molar-refractivity contribution in [1.82, 2.24) is 10.2 Å². The molecule has 0 bridgehead atoms. The smallest absolute Gasteiger partial charge is 0.0707 e. The van der Waals surface area contributed by atoms with Crippen molar-refractivity contribution in [3.63, 3.8) is 0 Å². The summed E-state index contributed by atoms with van der Waals surface area (Å²) in [6.45, 7) is 10.2. The van der Waals surface area contributed by atoms with Crippen LogP contribution in [-0.4, -0.2) is 48.8 Å². The molecule has 0 aromatic rings. The van der Waals surface area contributed by atoms with E-state index in [1.54, 1.807) is 0 Å². The number of hydrogen-bond donors (Lipinski definition) is 1. The van der Waals surface area contributed by atoms with Gasteiger partial charge in [0.1, 0.15) is 0 Å². The molecule has 0 saturated carbocycles. The fourth-order valence-corrected chi connectivity index (χ4v) is 3.46. The second-order valence-electron chi connectivity index (χ2n) is 6.57. The molecule has 112 valence electrons. The Morgan fingerprint density at radius 1 is 1.16 bits per heavy atom. The van der Waals surface area contributed by atoms with Crippen molar-refractivity contribution in [2.75, 3.05) is 19.6 Å². The Balaban J connectivity index is 1.71. The average molecular weight is 268 g/mol. The molecule has 2 saturated heterocycles. The summed E-state index contributed by atoms with van der Waals surface area (Å²) in [4.78, 5) is 2.69. The van der Waals surface area contributed by atoms with Gasteiger partial charge in [0.2, 0.25) is 0 Å². The quantitative estimate of drug-likeness (QED) is 0.801. The van der Waals surface area contributed by atoms with Crippen LogP contribution in [0.25, 0.3) is 0 Å². The fraction of sp³-hybridized carbons (Fsp3) is 1.00. The highest BCUT2D eigenvalue weighted by Crippen LogP contribution is 2.25. The van der Waals surface area contributed by atoms with Gasteiger partial charge in [-0.1, -0.05) is 27.2 Å². The Hall–Kier alpha value is -0.120. The summed E-state index contributed by atoms with van der Waals surface area (Å²) in [7, 11) is 0. The summed E-state index contributed by atoms with van der Waals surface area (Å²) in [6, 6.07) is 1.37. The SMILES string of the molecule is CCC1CCCCN1CC1CCC(CNC(C)C)O1. The summed E-state index contributed by atoms with van der Waals surface area (Å²) in [5.74, 6) is 0. The zero-order chi connectivity index (χ0) is 13.7. The van der Waals surface area contributed by atoms with Crippen molar-refractivity contribution < 1.29 is 4.74 Å². The minimum absolute atomic E-state index is 0.442. The molecule has 1 N–H and O–H groups in total. The van der Waals surface area contributed by atoms with Gasteiger partial charge in [0.15, 0.2) is 0 Å². The molecule has 2 aliphatic heterocycles. The first-order valence-corrected chi connectivity index (χ1v) is 8.32. The predicted octanol–water partition coefficient (Wildman–Crippen LogP) is 2.80. The van der Waals surface area contributed by atoms with Gasteiger partial charge < -0.3 is 10.1 Å². The van der Waals surface area contributed by atoms with Crippen LogP contribution in [0.5, 0.6) is 0 Å². The highest BCUT2D eigenvalue weighted by molar-refractivity contribution is 4.82. The lowest BCUT2D eigenvalue weighted by Gasteiger charge is -2.36. The van der Waals surface area contributed by atoms with Crippen LogP contribution >= 0.6 is 0 Å². The van der Waals surface area contributed by atoms with Crippen LogP contribution in [0, 0.1) is 0 Å². The van der Waals surface area contributed by atoms with E-state index in [0.717, 1.165) is 19.1 Å². The second kappa shape index (κ2) is 7.61. The number of piperidine rings is 1. The van der Waals surface area contributed by atoms with Gasteiger partial charge in [-0.05, 0) is 38.6 Å². The fourth-order valence-electron chi connectivity index (χ4n) is 3.46. The monoisotopic (exact) mass is 268 g/mol. The Bertz CT molecular complexity index is 257. The third-order valence-corrected chi connectivity index (χ3v) is 4.61. The van der Waals surface area contributed by atoms with Crippen LogP contribution in [0.4, 0.5) is 0 Å². The van der Waals surface area contributed by atoms with Crippen LogP contribution in [-0.2, 0) is 4.74 Å². The van der Waals surface area contributed by atoms with E-state index in [2.05, 4.69) is 31.0 Å². The van der Waals surface area contributed by atoms with Gasteiger partial charge in [-0.15, -0.1) is 0 Å². The molecule has 0 aliphatic carbocycles. The number of rotatable bonds is 6. The van der Waals surface area contributed by atoms with Crippen molar-refractivity contribution in [2.45, 2.75) is 83.6 Å². The molecule has 3 heteroatoms.